The first-order chi connectivity index (χ1) is 30.0. The Bertz CT molecular complexity index is 1970. The van der Waals surface area contributed by atoms with E-state index in [0.717, 1.165) is 24.0 Å². The highest BCUT2D eigenvalue weighted by molar-refractivity contribution is 5.68. The highest BCUT2D eigenvalue weighted by Crippen LogP contribution is 2.34. The van der Waals surface area contributed by atoms with E-state index in [9.17, 15) is 29.9 Å². The molecule has 3 aromatic carbocycles. The Morgan fingerprint density at radius 1 is 0.790 bits per heavy atom. The number of benzene rings is 3. The smallest absolute Gasteiger partial charge is 0.443 e. The number of rotatable bonds is 15. The van der Waals surface area contributed by atoms with Crippen molar-refractivity contribution in [1.29, 1.82) is 0 Å². The van der Waals surface area contributed by atoms with Crippen LogP contribution < -0.4 is 15.8 Å². The number of nitrogens with one attached hydrogen (secondary N) is 1. The van der Waals surface area contributed by atoms with Gasteiger partial charge in [-0.05, 0) is 60.0 Å². The molecule has 5 N–H and O–H groups in total. The zero-order valence-electron chi connectivity index (χ0n) is 33.5. The van der Waals surface area contributed by atoms with Gasteiger partial charge in [0.2, 0.25) is 0 Å². The van der Waals surface area contributed by atoms with Crippen molar-refractivity contribution in [2.45, 2.75) is 74.8 Å². The van der Waals surface area contributed by atoms with Crippen LogP contribution in [0.1, 0.15) is 24.0 Å². The molecule has 0 saturated carbocycles. The van der Waals surface area contributed by atoms with Gasteiger partial charge in [0.25, 0.3) is 5.69 Å². The number of alkyl carbamates (subject to hydrolysis) is 1. The minimum absolute atomic E-state index is 0.0184. The van der Waals surface area contributed by atoms with Gasteiger partial charge in [-0.2, -0.15) is 0 Å². The lowest BCUT2D eigenvalue weighted by atomic mass is 10.0. The summed E-state index contributed by atoms with van der Waals surface area (Å²) < 4.78 is 37.2. The summed E-state index contributed by atoms with van der Waals surface area (Å²) in [5.74, 6) is 0.264. The lowest BCUT2D eigenvalue weighted by Gasteiger charge is -2.24. The number of carbonyl (C=O) groups is 2. The molecule has 7 rings (SSSR count). The van der Waals surface area contributed by atoms with Crippen molar-refractivity contribution in [1.82, 2.24) is 5.32 Å². The highest BCUT2D eigenvalue weighted by Gasteiger charge is 2.45. The van der Waals surface area contributed by atoms with E-state index < -0.39 is 41.5 Å². The third kappa shape index (κ3) is 14.5. The van der Waals surface area contributed by atoms with Crippen LogP contribution in [-0.2, 0) is 41.3 Å². The average Bonchev–Trinajstić information content (AvgIpc) is 4.09. The van der Waals surface area contributed by atoms with Crippen LogP contribution in [0, 0.1) is 22.0 Å². The van der Waals surface area contributed by atoms with Crippen molar-refractivity contribution < 1.29 is 57.9 Å². The number of hydrogen-bond donors (Lipinski definition) is 4. The van der Waals surface area contributed by atoms with Gasteiger partial charge in [0.15, 0.2) is 12.6 Å². The van der Waals surface area contributed by atoms with Crippen LogP contribution in [0.5, 0.6) is 5.75 Å². The molecule has 22 nitrogen and oxygen atoms in total. The monoisotopic (exact) mass is 863 g/mol. The number of nitro groups is 1. The maximum atomic E-state index is 12.3. The third-order valence-corrected chi connectivity index (χ3v) is 10.3. The number of nitrogens with two attached hydrogens (primary N) is 1. The molecule has 0 aromatic heterocycles. The molecule has 3 aromatic rings. The maximum absolute atomic E-state index is 12.3. The molecule has 4 heterocycles. The molecular formula is C40H49N9O13. The molecule has 332 valence electrons. The van der Waals surface area contributed by atoms with Crippen molar-refractivity contribution in [3.8, 4) is 5.75 Å². The summed E-state index contributed by atoms with van der Waals surface area (Å²) in [5, 5.41) is 39.7. The van der Waals surface area contributed by atoms with Gasteiger partial charge in [0, 0.05) is 28.0 Å². The van der Waals surface area contributed by atoms with E-state index in [1.165, 1.54) is 24.3 Å². The number of non-ortho nitro benzene ring substituents is 1. The summed E-state index contributed by atoms with van der Waals surface area (Å²) in [7, 11) is 0. The van der Waals surface area contributed by atoms with E-state index in [1.54, 1.807) is 0 Å². The van der Waals surface area contributed by atoms with Gasteiger partial charge in [-0.1, -0.05) is 70.9 Å². The minimum atomic E-state index is -1.03. The lowest BCUT2D eigenvalue weighted by molar-refractivity contribution is -0.384. The fourth-order valence-electron chi connectivity index (χ4n) is 6.97. The topological polar surface area (TPSA) is 318 Å². The van der Waals surface area contributed by atoms with Crippen LogP contribution in [0.25, 0.3) is 20.9 Å². The minimum Gasteiger partial charge on any atom is -0.443 e. The summed E-state index contributed by atoms with van der Waals surface area (Å²) in [6, 6.07) is 23.2. The number of azide groups is 2. The van der Waals surface area contributed by atoms with Crippen molar-refractivity contribution >= 4 is 17.9 Å². The maximum Gasteiger partial charge on any atom is 0.514 e. The van der Waals surface area contributed by atoms with Gasteiger partial charge < -0.3 is 54.4 Å². The standard InChI is InChI=1S/C17H22N4O5.C13H13NO7.C10H14N4O/c18-21-19-9-14(22)13(8-11-4-2-1-3-5-11)20-17(23)26-15-10-25-16-12(15)6-7-24-16;15-13(20-9-3-1-8(2-4-9)14(16)17)21-11-7-19-12-10(11)5-6-18-12;11-9(10(15)7-13-14-12)6-8-4-2-1-3-5-8/h1-5,12-16,22H,6-10H2,(H,20,23);1-4,10-12H,5-7H2;1-5,9-10,15H,6-7,11H2/t12?,13-,14?,15?,16?;;9-,10?/m0.0/s1. The second-order valence-corrected chi connectivity index (χ2v) is 14.5. The fourth-order valence-corrected chi connectivity index (χ4v) is 6.97. The van der Waals surface area contributed by atoms with E-state index >= 15 is 0 Å². The van der Waals surface area contributed by atoms with Gasteiger partial charge >= 0.3 is 12.2 Å². The van der Waals surface area contributed by atoms with Crippen molar-refractivity contribution in [2.24, 2.45) is 27.8 Å². The summed E-state index contributed by atoms with van der Waals surface area (Å²) in [6.45, 7) is 1.65. The quantitative estimate of drug-likeness (QED) is 0.0302. The zero-order chi connectivity index (χ0) is 44.3. The Morgan fingerprint density at radius 3 is 1.84 bits per heavy atom. The van der Waals surface area contributed by atoms with Crippen molar-refractivity contribution in [3.05, 3.63) is 127 Å². The summed E-state index contributed by atoms with van der Waals surface area (Å²) in [5.41, 5.74) is 24.2. The normalized spacial score (nSPS) is 23.7. The van der Waals surface area contributed by atoms with E-state index in [1.807, 2.05) is 60.7 Å². The number of carbonyl (C=O) groups excluding carboxylic acids is 2. The summed E-state index contributed by atoms with van der Waals surface area (Å²) in [6.07, 6.45) is -2.14. The van der Waals surface area contributed by atoms with Crippen molar-refractivity contribution in [2.75, 3.05) is 39.5 Å². The van der Waals surface area contributed by atoms with Gasteiger partial charge in [-0.15, -0.1) is 0 Å². The molecule has 8 unspecified atom stereocenters. The van der Waals surface area contributed by atoms with Gasteiger partial charge in [-0.3, -0.25) is 10.1 Å². The molecule has 22 heteroatoms. The summed E-state index contributed by atoms with van der Waals surface area (Å²) >= 11 is 0. The van der Waals surface area contributed by atoms with Gasteiger partial charge in [0.05, 0.1) is 74.5 Å². The van der Waals surface area contributed by atoms with Crippen LogP contribution in [0.3, 0.4) is 0 Å². The Kier molecular flexibility index (Phi) is 18.5. The Balaban J connectivity index is 0.000000182. The van der Waals surface area contributed by atoms with E-state index in [2.05, 4.69) is 25.4 Å². The predicted molar refractivity (Wildman–Crippen MR) is 217 cm³/mol. The summed E-state index contributed by atoms with van der Waals surface area (Å²) in [4.78, 5) is 39.2. The fraction of sp³-hybridized carbons (Fsp3) is 0.500. The molecule has 10 atom stereocenters. The van der Waals surface area contributed by atoms with Crippen molar-refractivity contribution in [3.63, 3.8) is 0 Å². The molecule has 4 fully saturated rings. The first-order valence-corrected chi connectivity index (χ1v) is 19.8. The second-order valence-electron chi connectivity index (χ2n) is 14.5. The third-order valence-electron chi connectivity index (χ3n) is 10.3. The molecule has 0 aliphatic carbocycles. The second kappa shape index (κ2) is 24.4. The van der Waals surface area contributed by atoms with Gasteiger partial charge in [-0.25, -0.2) is 9.59 Å². The molecule has 0 spiro atoms. The largest absolute Gasteiger partial charge is 0.514 e. The molecule has 4 saturated heterocycles. The van der Waals surface area contributed by atoms with Crippen LogP contribution in [0.2, 0.25) is 0 Å². The number of ether oxygens (including phenoxy) is 7. The molecular weight excluding hydrogens is 814 g/mol. The van der Waals surface area contributed by atoms with E-state index in [-0.39, 0.29) is 67.8 Å². The number of aliphatic hydroxyl groups is 2. The molecule has 62 heavy (non-hydrogen) atoms. The number of amides is 1. The van der Waals surface area contributed by atoms with Crippen LogP contribution in [-0.4, -0.2) is 116 Å². The first-order valence-electron chi connectivity index (χ1n) is 19.8. The first kappa shape index (κ1) is 47.0. The number of aliphatic hydroxyl groups excluding tert-OH is 2. The van der Waals surface area contributed by atoms with Crippen LogP contribution in [0.15, 0.2) is 95.2 Å². The van der Waals surface area contributed by atoms with Gasteiger partial charge in [0.1, 0.15) is 18.0 Å². The predicted octanol–water partition coefficient (Wildman–Crippen LogP) is 4.86. The van der Waals surface area contributed by atoms with E-state index in [0.29, 0.717) is 32.7 Å². The Morgan fingerprint density at radius 2 is 1.31 bits per heavy atom. The molecule has 0 bridgehead atoms. The molecule has 4 aliphatic rings. The van der Waals surface area contributed by atoms with Crippen LogP contribution >= 0.6 is 0 Å². The SMILES string of the molecule is O=C(Oc1ccc([N+](=O)[O-])cc1)OC1COC2OCCC12.[N-]=[N+]=NCC(O)[C@@H](N)Cc1ccccc1.[N-]=[N+]=NCC(O)[C@H](Cc1ccccc1)NC(=O)OC1COC2OCCC12. The zero-order valence-corrected chi connectivity index (χ0v) is 33.5. The van der Waals surface area contributed by atoms with E-state index in [4.69, 9.17) is 50.0 Å². The Hall–Kier alpha value is -6.06. The average molecular weight is 864 g/mol. The Labute approximate surface area is 355 Å². The number of hydrogen-bond acceptors (Lipinski definition) is 16. The van der Waals surface area contributed by atoms with Crippen LogP contribution in [0.4, 0.5) is 15.3 Å². The number of nitro benzene ring substituents is 1. The highest BCUT2D eigenvalue weighted by atomic mass is 16.8. The number of nitrogens with zero attached hydrogens (tertiary/aromatic N) is 7. The molecule has 1 amide bonds. The number of fused-ring (bicyclic) bond motifs is 2. The lowest BCUT2D eigenvalue weighted by Crippen LogP contribution is -2.47. The molecule has 0 radical (unpaired) electrons. The molecule has 4 aliphatic heterocycles.